The van der Waals surface area contributed by atoms with Gasteiger partial charge in [-0.1, -0.05) is 12.7 Å². The van der Waals surface area contributed by atoms with Crippen molar-refractivity contribution in [2.75, 3.05) is 27.2 Å². The van der Waals surface area contributed by atoms with Crippen molar-refractivity contribution in [3.05, 3.63) is 52.3 Å². The SMILES string of the molecule is C=C(/C=C/C(C)NCCOc1ccc(I)cc1)N(C)C. The van der Waals surface area contributed by atoms with E-state index in [-0.39, 0.29) is 0 Å². The third-order valence-corrected chi connectivity index (χ3v) is 3.52. The van der Waals surface area contributed by atoms with Gasteiger partial charge in [0.25, 0.3) is 0 Å². The molecule has 0 aromatic heterocycles. The summed E-state index contributed by atoms with van der Waals surface area (Å²) >= 11 is 2.28. The van der Waals surface area contributed by atoms with Crippen molar-refractivity contribution >= 4 is 22.6 Å². The van der Waals surface area contributed by atoms with E-state index in [1.165, 1.54) is 3.57 Å². The number of ether oxygens (including phenoxy) is 1. The van der Waals surface area contributed by atoms with Gasteiger partial charge in [0.15, 0.2) is 0 Å². The Kier molecular flexibility index (Phi) is 7.69. The number of hydrogen-bond donors (Lipinski definition) is 1. The first-order valence-corrected chi connectivity index (χ1v) is 7.73. The molecule has 0 bridgehead atoms. The second-order valence-electron chi connectivity index (χ2n) is 4.79. The van der Waals surface area contributed by atoms with Crippen LogP contribution < -0.4 is 10.1 Å². The van der Waals surface area contributed by atoms with Gasteiger partial charge in [-0.25, -0.2) is 0 Å². The monoisotopic (exact) mass is 386 g/mol. The van der Waals surface area contributed by atoms with Crippen LogP contribution in [0, 0.1) is 3.57 Å². The summed E-state index contributed by atoms with van der Waals surface area (Å²) in [5, 5.41) is 3.39. The maximum atomic E-state index is 5.66. The number of allylic oxidation sites excluding steroid dienone is 1. The van der Waals surface area contributed by atoms with Crippen LogP contribution in [0.1, 0.15) is 6.92 Å². The highest BCUT2D eigenvalue weighted by molar-refractivity contribution is 14.1. The molecule has 4 heteroatoms. The number of nitrogens with one attached hydrogen (secondary N) is 1. The Labute approximate surface area is 135 Å². The molecule has 110 valence electrons. The molecule has 0 aliphatic carbocycles. The summed E-state index contributed by atoms with van der Waals surface area (Å²) in [6, 6.07) is 8.37. The Morgan fingerprint density at radius 2 is 2.05 bits per heavy atom. The van der Waals surface area contributed by atoms with Gasteiger partial charge in [0.2, 0.25) is 0 Å². The summed E-state index contributed by atoms with van der Waals surface area (Å²) in [5.41, 5.74) is 0.994. The van der Waals surface area contributed by atoms with Crippen molar-refractivity contribution in [2.24, 2.45) is 0 Å². The molecule has 0 aliphatic heterocycles. The predicted octanol–water partition coefficient (Wildman–Crippen LogP) is 3.28. The third kappa shape index (κ3) is 6.96. The van der Waals surface area contributed by atoms with Crippen molar-refractivity contribution in [1.29, 1.82) is 0 Å². The van der Waals surface area contributed by atoms with Gasteiger partial charge in [-0.05, 0) is 59.9 Å². The second kappa shape index (κ2) is 9.02. The number of nitrogens with zero attached hydrogens (tertiary/aromatic N) is 1. The van der Waals surface area contributed by atoms with Gasteiger partial charge in [-0.2, -0.15) is 0 Å². The molecule has 0 spiro atoms. The Bertz CT molecular complexity index is 440. The molecule has 0 saturated heterocycles. The summed E-state index contributed by atoms with van der Waals surface area (Å²) in [6.07, 6.45) is 4.13. The lowest BCUT2D eigenvalue weighted by Gasteiger charge is -2.14. The number of benzene rings is 1. The van der Waals surface area contributed by atoms with E-state index < -0.39 is 0 Å². The first kappa shape index (κ1) is 17.0. The largest absolute Gasteiger partial charge is 0.492 e. The van der Waals surface area contributed by atoms with E-state index in [0.717, 1.165) is 18.0 Å². The van der Waals surface area contributed by atoms with E-state index in [9.17, 15) is 0 Å². The lowest BCUT2D eigenvalue weighted by atomic mass is 10.2. The van der Waals surface area contributed by atoms with Crippen molar-refractivity contribution < 1.29 is 4.74 Å². The van der Waals surface area contributed by atoms with Gasteiger partial charge >= 0.3 is 0 Å². The predicted molar refractivity (Wildman–Crippen MR) is 94.1 cm³/mol. The molecule has 3 nitrogen and oxygen atoms in total. The van der Waals surface area contributed by atoms with E-state index in [1.807, 2.05) is 49.3 Å². The maximum Gasteiger partial charge on any atom is 0.119 e. The van der Waals surface area contributed by atoms with Crippen molar-refractivity contribution in [3.63, 3.8) is 0 Å². The van der Waals surface area contributed by atoms with Crippen LogP contribution in [0.4, 0.5) is 0 Å². The number of likely N-dealkylation sites (N-methyl/N-ethyl adjacent to an activating group) is 1. The van der Waals surface area contributed by atoms with Crippen molar-refractivity contribution in [2.45, 2.75) is 13.0 Å². The van der Waals surface area contributed by atoms with Crippen LogP contribution in [-0.4, -0.2) is 38.2 Å². The number of hydrogen-bond acceptors (Lipinski definition) is 3. The zero-order valence-corrected chi connectivity index (χ0v) is 14.6. The van der Waals surface area contributed by atoms with Gasteiger partial charge in [-0.3, -0.25) is 0 Å². The Balaban J connectivity index is 2.20. The normalized spacial score (nSPS) is 12.4. The first-order chi connectivity index (χ1) is 9.49. The van der Waals surface area contributed by atoms with Crippen LogP contribution in [-0.2, 0) is 0 Å². The highest BCUT2D eigenvalue weighted by atomic mass is 127. The standard InChI is InChI=1S/C16H23IN2O/c1-13(5-6-14(2)19(3)4)18-11-12-20-16-9-7-15(17)8-10-16/h5-10,13,18H,2,11-12H2,1,3-4H3/b6-5+. The van der Waals surface area contributed by atoms with E-state index in [0.29, 0.717) is 12.6 Å². The van der Waals surface area contributed by atoms with E-state index in [1.54, 1.807) is 0 Å². The lowest BCUT2D eigenvalue weighted by molar-refractivity contribution is 0.311. The van der Waals surface area contributed by atoms with Gasteiger partial charge in [-0.15, -0.1) is 0 Å². The molecule has 1 atom stereocenters. The molecular formula is C16H23IN2O. The molecule has 0 fully saturated rings. The minimum absolute atomic E-state index is 0.298. The van der Waals surface area contributed by atoms with Crippen LogP contribution in [0.2, 0.25) is 0 Å². The molecule has 0 heterocycles. The van der Waals surface area contributed by atoms with Crippen LogP contribution in [0.25, 0.3) is 0 Å². The van der Waals surface area contributed by atoms with Gasteiger partial charge < -0.3 is 15.0 Å². The summed E-state index contributed by atoms with van der Waals surface area (Å²) in [5.74, 6) is 0.913. The minimum Gasteiger partial charge on any atom is -0.492 e. The molecule has 1 aromatic carbocycles. The smallest absolute Gasteiger partial charge is 0.119 e. The zero-order valence-electron chi connectivity index (χ0n) is 12.4. The van der Waals surface area contributed by atoms with Crippen molar-refractivity contribution in [3.8, 4) is 5.75 Å². The Hall–Kier alpha value is -1.01. The zero-order chi connectivity index (χ0) is 15.0. The molecule has 0 radical (unpaired) electrons. The van der Waals surface area contributed by atoms with Gasteiger partial charge in [0, 0.05) is 35.9 Å². The van der Waals surface area contributed by atoms with Crippen LogP contribution in [0.5, 0.6) is 5.75 Å². The topological polar surface area (TPSA) is 24.5 Å². The number of rotatable bonds is 8. The molecule has 0 amide bonds. The number of halogens is 1. The lowest BCUT2D eigenvalue weighted by Crippen LogP contribution is -2.28. The van der Waals surface area contributed by atoms with E-state index >= 15 is 0 Å². The summed E-state index contributed by atoms with van der Waals surface area (Å²) < 4.78 is 6.88. The fourth-order valence-corrected chi connectivity index (χ4v) is 1.82. The second-order valence-corrected chi connectivity index (χ2v) is 6.04. The van der Waals surface area contributed by atoms with E-state index in [2.05, 4.69) is 47.5 Å². The quantitative estimate of drug-likeness (QED) is 0.422. The fraction of sp³-hybridized carbons (Fsp3) is 0.375. The Morgan fingerprint density at radius 1 is 1.40 bits per heavy atom. The molecule has 0 saturated carbocycles. The van der Waals surface area contributed by atoms with Crippen LogP contribution in [0.3, 0.4) is 0 Å². The highest BCUT2D eigenvalue weighted by Crippen LogP contribution is 2.12. The molecular weight excluding hydrogens is 363 g/mol. The van der Waals surface area contributed by atoms with Crippen LogP contribution >= 0.6 is 22.6 Å². The molecule has 1 aromatic rings. The molecule has 1 unspecified atom stereocenters. The minimum atomic E-state index is 0.298. The van der Waals surface area contributed by atoms with Gasteiger partial charge in [0.05, 0.1) is 0 Å². The molecule has 1 N–H and O–H groups in total. The van der Waals surface area contributed by atoms with Gasteiger partial charge in [0.1, 0.15) is 12.4 Å². The van der Waals surface area contributed by atoms with E-state index in [4.69, 9.17) is 4.74 Å². The van der Waals surface area contributed by atoms with Crippen LogP contribution in [0.15, 0.2) is 48.7 Å². The average Bonchev–Trinajstić information content (AvgIpc) is 2.42. The molecule has 0 aliphatic rings. The Morgan fingerprint density at radius 3 is 2.65 bits per heavy atom. The average molecular weight is 386 g/mol. The summed E-state index contributed by atoms with van der Waals surface area (Å²) in [6.45, 7) is 7.54. The third-order valence-electron chi connectivity index (χ3n) is 2.80. The highest BCUT2D eigenvalue weighted by Gasteiger charge is 1.98. The summed E-state index contributed by atoms with van der Waals surface area (Å²) in [7, 11) is 3.97. The van der Waals surface area contributed by atoms with Crippen molar-refractivity contribution in [1.82, 2.24) is 10.2 Å². The molecule has 20 heavy (non-hydrogen) atoms. The first-order valence-electron chi connectivity index (χ1n) is 6.65. The fourth-order valence-electron chi connectivity index (χ4n) is 1.46. The summed E-state index contributed by atoms with van der Waals surface area (Å²) in [4.78, 5) is 1.99. The molecule has 1 rings (SSSR count). The maximum absolute atomic E-state index is 5.66.